The summed E-state index contributed by atoms with van der Waals surface area (Å²) in [6.45, 7) is 1.96. The van der Waals surface area contributed by atoms with Crippen LogP contribution in [-0.4, -0.2) is 30.6 Å². The first-order chi connectivity index (χ1) is 7.58. The number of aliphatic carboxylic acids is 1. The molecule has 0 aliphatic heterocycles. The number of carboxylic acid groups (broad SMARTS) is 1. The van der Waals surface area contributed by atoms with Gasteiger partial charge in [0, 0.05) is 0 Å². The molecule has 0 bridgehead atoms. The Morgan fingerprint density at radius 2 is 2.25 bits per heavy atom. The number of ether oxygens (including phenoxy) is 1. The van der Waals surface area contributed by atoms with E-state index in [2.05, 4.69) is 5.32 Å². The highest BCUT2D eigenvalue weighted by molar-refractivity contribution is 8.00. The molecule has 4 nitrogen and oxygen atoms in total. The van der Waals surface area contributed by atoms with Gasteiger partial charge in [-0.25, -0.2) is 4.79 Å². The van der Waals surface area contributed by atoms with Crippen LogP contribution >= 0.6 is 11.8 Å². The zero-order valence-corrected chi connectivity index (χ0v) is 10.3. The molecule has 1 atom stereocenters. The largest absolute Gasteiger partial charge is 0.496 e. The molecule has 0 radical (unpaired) electrons. The van der Waals surface area contributed by atoms with Crippen molar-refractivity contribution in [3.05, 3.63) is 23.8 Å². The molecule has 1 rings (SSSR count). The van der Waals surface area contributed by atoms with Crippen LogP contribution in [0.2, 0.25) is 0 Å². The van der Waals surface area contributed by atoms with E-state index < -0.39 is 11.3 Å². The van der Waals surface area contributed by atoms with Gasteiger partial charge < -0.3 is 9.84 Å². The molecule has 0 saturated carbocycles. The lowest BCUT2D eigenvalue weighted by molar-refractivity contribution is -0.136. The maximum absolute atomic E-state index is 10.9. The van der Waals surface area contributed by atoms with Crippen molar-refractivity contribution in [3.8, 4) is 5.75 Å². The van der Waals surface area contributed by atoms with E-state index >= 15 is 0 Å². The zero-order valence-electron chi connectivity index (χ0n) is 9.48. The molecule has 1 unspecified atom stereocenters. The molecule has 16 heavy (non-hydrogen) atoms. The summed E-state index contributed by atoms with van der Waals surface area (Å²) < 4.78 is 5.18. The van der Waals surface area contributed by atoms with Gasteiger partial charge in [0.15, 0.2) is 5.37 Å². The van der Waals surface area contributed by atoms with Crippen molar-refractivity contribution in [2.24, 2.45) is 0 Å². The van der Waals surface area contributed by atoms with Crippen LogP contribution < -0.4 is 10.1 Å². The maximum Gasteiger partial charge on any atom is 0.331 e. The molecule has 0 fully saturated rings. The number of likely N-dealkylation sites (N-methyl/N-ethyl adjacent to an activating group) is 1. The van der Waals surface area contributed by atoms with Crippen LogP contribution in [0.25, 0.3) is 0 Å². The summed E-state index contributed by atoms with van der Waals surface area (Å²) in [5, 5.41) is 11.0. The molecule has 1 aromatic carbocycles. The second-order valence-electron chi connectivity index (χ2n) is 3.28. The number of carbonyl (C=O) groups is 1. The average Bonchev–Trinajstić information content (AvgIpc) is 2.25. The maximum atomic E-state index is 10.9. The fourth-order valence-electron chi connectivity index (χ4n) is 1.24. The highest BCUT2D eigenvalue weighted by Crippen LogP contribution is 2.32. The van der Waals surface area contributed by atoms with E-state index in [1.807, 2.05) is 25.1 Å². The fraction of sp³-hybridized carbons (Fsp3) is 0.364. The molecule has 0 amide bonds. The lowest BCUT2D eigenvalue weighted by atomic mass is 10.2. The summed E-state index contributed by atoms with van der Waals surface area (Å²) in [5.41, 5.74) is 1.07. The second-order valence-corrected chi connectivity index (χ2v) is 4.43. The third kappa shape index (κ3) is 3.15. The molecule has 88 valence electrons. The van der Waals surface area contributed by atoms with Gasteiger partial charge in [-0.15, -0.1) is 0 Å². The number of hydrogen-bond donors (Lipinski definition) is 2. The third-order valence-corrected chi connectivity index (χ3v) is 3.30. The van der Waals surface area contributed by atoms with Crippen molar-refractivity contribution in [3.63, 3.8) is 0 Å². The summed E-state index contributed by atoms with van der Waals surface area (Å²) in [6, 6.07) is 5.68. The van der Waals surface area contributed by atoms with Crippen LogP contribution in [-0.2, 0) is 4.79 Å². The van der Waals surface area contributed by atoms with E-state index in [0.717, 1.165) is 10.5 Å². The first kappa shape index (κ1) is 12.9. The van der Waals surface area contributed by atoms with Crippen LogP contribution in [0.3, 0.4) is 0 Å². The van der Waals surface area contributed by atoms with Gasteiger partial charge in [0.1, 0.15) is 5.75 Å². The van der Waals surface area contributed by atoms with E-state index in [1.54, 1.807) is 14.2 Å². The quantitative estimate of drug-likeness (QED) is 0.607. The number of thioether (sulfide) groups is 1. The van der Waals surface area contributed by atoms with E-state index in [1.165, 1.54) is 11.8 Å². The lowest BCUT2D eigenvalue weighted by Crippen LogP contribution is -2.30. The first-order valence-electron chi connectivity index (χ1n) is 4.80. The predicted molar refractivity (Wildman–Crippen MR) is 64.1 cm³/mol. The van der Waals surface area contributed by atoms with Crippen LogP contribution in [0.1, 0.15) is 5.56 Å². The number of carboxylic acids is 1. The van der Waals surface area contributed by atoms with Gasteiger partial charge in [-0.3, -0.25) is 5.32 Å². The van der Waals surface area contributed by atoms with Crippen molar-refractivity contribution < 1.29 is 14.6 Å². The number of rotatable bonds is 5. The van der Waals surface area contributed by atoms with Crippen LogP contribution in [0.4, 0.5) is 0 Å². The number of methoxy groups -OCH3 is 1. The van der Waals surface area contributed by atoms with Gasteiger partial charge in [-0.1, -0.05) is 17.8 Å². The molecular formula is C11H15NO3S. The Kier molecular flexibility index (Phi) is 4.64. The highest BCUT2D eigenvalue weighted by Gasteiger charge is 2.18. The van der Waals surface area contributed by atoms with Gasteiger partial charge in [0.05, 0.1) is 12.0 Å². The average molecular weight is 241 g/mol. The number of aryl methyl sites for hydroxylation is 1. The molecule has 0 aliphatic carbocycles. The van der Waals surface area contributed by atoms with E-state index in [9.17, 15) is 4.79 Å². The number of benzene rings is 1. The number of hydrogen-bond acceptors (Lipinski definition) is 4. The SMILES string of the molecule is CNC(Sc1cc(C)ccc1OC)C(=O)O. The van der Waals surface area contributed by atoms with Crippen molar-refractivity contribution in [1.29, 1.82) is 0 Å². The number of nitrogens with one attached hydrogen (secondary N) is 1. The minimum atomic E-state index is -0.893. The summed E-state index contributed by atoms with van der Waals surface area (Å²) in [7, 11) is 3.19. The predicted octanol–water partition coefficient (Wildman–Crippen LogP) is 1.73. The van der Waals surface area contributed by atoms with Crippen LogP contribution in [0.5, 0.6) is 5.75 Å². The molecule has 0 heterocycles. The molecular weight excluding hydrogens is 226 g/mol. The van der Waals surface area contributed by atoms with Crippen molar-refractivity contribution in [2.75, 3.05) is 14.2 Å². The molecule has 5 heteroatoms. The zero-order chi connectivity index (χ0) is 12.1. The molecule has 2 N–H and O–H groups in total. The Hall–Kier alpha value is -1.20. The normalized spacial score (nSPS) is 12.2. The van der Waals surface area contributed by atoms with Crippen molar-refractivity contribution >= 4 is 17.7 Å². The topological polar surface area (TPSA) is 58.6 Å². The van der Waals surface area contributed by atoms with Gasteiger partial charge in [-0.2, -0.15) is 0 Å². The smallest absolute Gasteiger partial charge is 0.331 e. The first-order valence-corrected chi connectivity index (χ1v) is 5.67. The Bertz CT molecular complexity index is 381. The van der Waals surface area contributed by atoms with Crippen LogP contribution in [0, 0.1) is 6.92 Å². The van der Waals surface area contributed by atoms with Gasteiger partial charge in [0.2, 0.25) is 0 Å². The summed E-state index contributed by atoms with van der Waals surface area (Å²) in [4.78, 5) is 11.7. The lowest BCUT2D eigenvalue weighted by Gasteiger charge is -2.13. The van der Waals surface area contributed by atoms with Crippen LogP contribution in [0.15, 0.2) is 23.1 Å². The van der Waals surface area contributed by atoms with Crippen molar-refractivity contribution in [1.82, 2.24) is 5.32 Å². The fourth-order valence-corrected chi connectivity index (χ4v) is 2.23. The molecule has 0 aromatic heterocycles. The summed E-state index contributed by atoms with van der Waals surface area (Å²) in [6.07, 6.45) is 0. The summed E-state index contributed by atoms with van der Waals surface area (Å²) >= 11 is 1.23. The summed E-state index contributed by atoms with van der Waals surface area (Å²) in [5.74, 6) is -0.201. The Labute approximate surface area is 99.0 Å². The molecule has 1 aromatic rings. The Morgan fingerprint density at radius 3 is 2.75 bits per heavy atom. The molecule has 0 saturated heterocycles. The minimum absolute atomic E-state index is 0.671. The van der Waals surface area contributed by atoms with Gasteiger partial charge in [-0.05, 0) is 31.7 Å². The monoisotopic (exact) mass is 241 g/mol. The third-order valence-electron chi connectivity index (χ3n) is 2.05. The van der Waals surface area contributed by atoms with Gasteiger partial charge in [0.25, 0.3) is 0 Å². The Morgan fingerprint density at radius 1 is 1.56 bits per heavy atom. The standard InChI is InChI=1S/C11H15NO3S/c1-7-4-5-8(15-3)9(6-7)16-10(12-2)11(13)14/h4-6,10,12H,1-3H3,(H,13,14). The van der Waals surface area contributed by atoms with Crippen molar-refractivity contribution in [2.45, 2.75) is 17.2 Å². The van der Waals surface area contributed by atoms with E-state index in [0.29, 0.717) is 5.75 Å². The van der Waals surface area contributed by atoms with E-state index in [4.69, 9.17) is 9.84 Å². The van der Waals surface area contributed by atoms with E-state index in [-0.39, 0.29) is 0 Å². The second kappa shape index (κ2) is 5.77. The highest BCUT2D eigenvalue weighted by atomic mass is 32.2. The molecule has 0 aliphatic rings. The Balaban J connectivity index is 2.93. The minimum Gasteiger partial charge on any atom is -0.496 e. The van der Waals surface area contributed by atoms with Gasteiger partial charge >= 0.3 is 5.97 Å². The molecule has 0 spiro atoms.